The summed E-state index contributed by atoms with van der Waals surface area (Å²) in [5, 5.41) is 14.7. The number of benzene rings is 2. The predicted molar refractivity (Wildman–Crippen MR) is 97.9 cm³/mol. The molecule has 0 aliphatic heterocycles. The van der Waals surface area contributed by atoms with Gasteiger partial charge in [-0.25, -0.2) is 0 Å². The molecule has 0 spiro atoms. The quantitative estimate of drug-likeness (QED) is 0.690. The number of nitrogens with one attached hydrogen (secondary N) is 1. The van der Waals surface area contributed by atoms with Crippen LogP contribution < -0.4 is 5.32 Å². The van der Waals surface area contributed by atoms with E-state index in [4.69, 9.17) is 0 Å². The van der Waals surface area contributed by atoms with Crippen molar-refractivity contribution < 1.29 is 4.79 Å². The van der Waals surface area contributed by atoms with Gasteiger partial charge in [0.15, 0.2) is 5.82 Å². The second kappa shape index (κ2) is 7.94. The van der Waals surface area contributed by atoms with E-state index in [0.717, 1.165) is 21.9 Å². The summed E-state index contributed by atoms with van der Waals surface area (Å²) < 4.78 is 1.63. The van der Waals surface area contributed by atoms with Crippen molar-refractivity contribution in [3.63, 3.8) is 0 Å². The fourth-order valence-electron chi connectivity index (χ4n) is 2.39. The van der Waals surface area contributed by atoms with E-state index in [1.54, 1.807) is 16.4 Å². The van der Waals surface area contributed by atoms with E-state index < -0.39 is 0 Å². The molecule has 0 saturated carbocycles. The summed E-state index contributed by atoms with van der Waals surface area (Å²) in [4.78, 5) is 13.5. The number of tetrazole rings is 1. The second-order valence-corrected chi connectivity index (χ2v) is 6.76. The van der Waals surface area contributed by atoms with Gasteiger partial charge >= 0.3 is 0 Å². The van der Waals surface area contributed by atoms with Crippen LogP contribution in [0, 0.1) is 6.92 Å². The Morgan fingerprint density at radius 3 is 2.68 bits per heavy atom. The highest BCUT2D eigenvalue weighted by molar-refractivity contribution is 7.99. The molecule has 1 aromatic heterocycles. The zero-order chi connectivity index (χ0) is 17.6. The molecule has 128 valence electrons. The minimum absolute atomic E-state index is 0.130. The molecule has 0 saturated heterocycles. The standard InChI is InChI=1S/C18H19N5OS/c1-3-25-16-7-5-4-6-15(16)18(24)19-12-17-20-21-22-23(17)14-10-8-13(2)9-11-14/h4-11H,3,12H2,1-2H3,(H,19,24). The smallest absolute Gasteiger partial charge is 0.252 e. The lowest BCUT2D eigenvalue weighted by molar-refractivity contribution is 0.0946. The van der Waals surface area contributed by atoms with Crippen molar-refractivity contribution >= 4 is 17.7 Å². The lowest BCUT2D eigenvalue weighted by Crippen LogP contribution is -2.25. The minimum Gasteiger partial charge on any atom is -0.345 e. The van der Waals surface area contributed by atoms with E-state index in [2.05, 4.69) is 27.8 Å². The Kier molecular flexibility index (Phi) is 5.45. The highest BCUT2D eigenvalue weighted by Gasteiger charge is 2.13. The van der Waals surface area contributed by atoms with Crippen LogP contribution >= 0.6 is 11.8 Å². The molecule has 0 atom stereocenters. The molecule has 25 heavy (non-hydrogen) atoms. The summed E-state index contributed by atoms with van der Waals surface area (Å²) in [7, 11) is 0. The third kappa shape index (κ3) is 4.06. The SMILES string of the molecule is CCSc1ccccc1C(=O)NCc1nnnn1-c1ccc(C)cc1. The van der Waals surface area contributed by atoms with Gasteiger partial charge in [0.2, 0.25) is 0 Å². The molecular formula is C18H19N5OS. The number of hydrogen-bond donors (Lipinski definition) is 1. The monoisotopic (exact) mass is 353 g/mol. The largest absolute Gasteiger partial charge is 0.345 e. The van der Waals surface area contributed by atoms with Crippen LogP contribution in [-0.2, 0) is 6.54 Å². The van der Waals surface area contributed by atoms with Gasteiger partial charge < -0.3 is 5.32 Å². The zero-order valence-corrected chi connectivity index (χ0v) is 15.0. The molecule has 0 unspecified atom stereocenters. The Morgan fingerprint density at radius 1 is 1.16 bits per heavy atom. The topological polar surface area (TPSA) is 72.7 Å². The molecule has 0 radical (unpaired) electrons. The molecule has 1 amide bonds. The van der Waals surface area contributed by atoms with Gasteiger partial charge in [-0.3, -0.25) is 4.79 Å². The predicted octanol–water partition coefficient (Wildman–Crippen LogP) is 3.01. The maximum absolute atomic E-state index is 12.5. The Bertz CT molecular complexity index is 860. The maximum atomic E-state index is 12.5. The van der Waals surface area contributed by atoms with Crippen molar-refractivity contribution in [3.05, 3.63) is 65.5 Å². The second-order valence-electron chi connectivity index (χ2n) is 5.45. The number of carbonyl (C=O) groups is 1. The van der Waals surface area contributed by atoms with Crippen molar-refractivity contribution in [3.8, 4) is 5.69 Å². The van der Waals surface area contributed by atoms with E-state index in [1.807, 2.05) is 55.5 Å². The van der Waals surface area contributed by atoms with Crippen LogP contribution in [0.4, 0.5) is 0 Å². The third-order valence-corrected chi connectivity index (χ3v) is 4.61. The molecule has 2 aromatic carbocycles. The van der Waals surface area contributed by atoms with E-state index in [0.29, 0.717) is 11.4 Å². The zero-order valence-electron chi connectivity index (χ0n) is 14.1. The first kappa shape index (κ1) is 17.2. The molecule has 0 bridgehead atoms. The lowest BCUT2D eigenvalue weighted by atomic mass is 10.2. The van der Waals surface area contributed by atoms with Gasteiger partial charge in [-0.05, 0) is 47.4 Å². The van der Waals surface area contributed by atoms with Gasteiger partial charge in [0.05, 0.1) is 17.8 Å². The summed E-state index contributed by atoms with van der Waals surface area (Å²) in [5.41, 5.74) is 2.70. The Labute approximate surface area is 150 Å². The number of thioether (sulfide) groups is 1. The third-order valence-electron chi connectivity index (χ3n) is 3.65. The molecule has 6 nitrogen and oxygen atoms in total. The first-order chi connectivity index (χ1) is 12.2. The Hall–Kier alpha value is -2.67. The van der Waals surface area contributed by atoms with E-state index in [-0.39, 0.29) is 12.5 Å². The van der Waals surface area contributed by atoms with Gasteiger partial charge in [-0.15, -0.1) is 16.9 Å². The van der Waals surface area contributed by atoms with Gasteiger partial charge in [0.25, 0.3) is 5.91 Å². The van der Waals surface area contributed by atoms with Crippen molar-refractivity contribution in [1.29, 1.82) is 0 Å². The van der Waals surface area contributed by atoms with Gasteiger partial charge in [-0.1, -0.05) is 36.8 Å². The van der Waals surface area contributed by atoms with Crippen LogP contribution in [0.3, 0.4) is 0 Å². The van der Waals surface area contributed by atoms with Crippen LogP contribution in [0.1, 0.15) is 28.7 Å². The fourth-order valence-corrected chi connectivity index (χ4v) is 3.19. The molecule has 7 heteroatoms. The summed E-state index contributed by atoms with van der Waals surface area (Å²) in [6.45, 7) is 4.34. The number of rotatable bonds is 6. The number of aryl methyl sites for hydroxylation is 1. The van der Waals surface area contributed by atoms with Gasteiger partial charge in [0.1, 0.15) is 0 Å². The summed E-state index contributed by atoms with van der Waals surface area (Å²) in [6, 6.07) is 15.5. The lowest BCUT2D eigenvalue weighted by Gasteiger charge is -2.09. The fraction of sp³-hybridized carbons (Fsp3) is 0.222. The van der Waals surface area contributed by atoms with E-state index >= 15 is 0 Å². The van der Waals surface area contributed by atoms with Crippen LogP contribution in [0.2, 0.25) is 0 Å². The Balaban J connectivity index is 1.74. The summed E-state index contributed by atoms with van der Waals surface area (Å²) >= 11 is 1.65. The first-order valence-corrected chi connectivity index (χ1v) is 9.02. The summed E-state index contributed by atoms with van der Waals surface area (Å²) in [6.07, 6.45) is 0. The van der Waals surface area contributed by atoms with E-state index in [1.165, 1.54) is 0 Å². The maximum Gasteiger partial charge on any atom is 0.252 e. The van der Waals surface area contributed by atoms with Gasteiger partial charge in [0, 0.05) is 4.90 Å². The van der Waals surface area contributed by atoms with Gasteiger partial charge in [-0.2, -0.15) is 4.68 Å². The van der Waals surface area contributed by atoms with Crippen LogP contribution in [-0.4, -0.2) is 31.9 Å². The first-order valence-electron chi connectivity index (χ1n) is 8.03. The molecule has 3 aromatic rings. The number of nitrogens with zero attached hydrogens (tertiary/aromatic N) is 4. The molecular weight excluding hydrogens is 334 g/mol. The Morgan fingerprint density at radius 2 is 1.92 bits per heavy atom. The molecule has 0 aliphatic carbocycles. The summed E-state index contributed by atoms with van der Waals surface area (Å²) in [5.74, 6) is 1.36. The number of carbonyl (C=O) groups excluding carboxylic acids is 1. The molecule has 1 N–H and O–H groups in total. The normalized spacial score (nSPS) is 10.6. The minimum atomic E-state index is -0.130. The molecule has 0 fully saturated rings. The van der Waals surface area contributed by atoms with Crippen molar-refractivity contribution in [2.75, 3.05) is 5.75 Å². The van der Waals surface area contributed by atoms with Crippen LogP contribution in [0.5, 0.6) is 0 Å². The van der Waals surface area contributed by atoms with Crippen molar-refractivity contribution in [2.45, 2.75) is 25.3 Å². The number of aromatic nitrogens is 4. The number of hydrogen-bond acceptors (Lipinski definition) is 5. The van der Waals surface area contributed by atoms with Crippen molar-refractivity contribution in [2.24, 2.45) is 0 Å². The average molecular weight is 353 g/mol. The number of amides is 1. The van der Waals surface area contributed by atoms with Crippen molar-refractivity contribution in [1.82, 2.24) is 25.5 Å². The molecule has 1 heterocycles. The molecule has 0 aliphatic rings. The van der Waals surface area contributed by atoms with Crippen LogP contribution in [0.25, 0.3) is 5.69 Å². The highest BCUT2D eigenvalue weighted by Crippen LogP contribution is 2.22. The molecule has 3 rings (SSSR count). The van der Waals surface area contributed by atoms with E-state index in [9.17, 15) is 4.79 Å². The average Bonchev–Trinajstić information content (AvgIpc) is 3.09. The van der Waals surface area contributed by atoms with Crippen LogP contribution in [0.15, 0.2) is 53.4 Å². The highest BCUT2D eigenvalue weighted by atomic mass is 32.2.